The molecule has 1 aliphatic heterocycles. The summed E-state index contributed by atoms with van der Waals surface area (Å²) in [6.07, 6.45) is 2.11. The topological polar surface area (TPSA) is 92.0 Å². The van der Waals surface area contributed by atoms with Crippen molar-refractivity contribution in [2.75, 3.05) is 20.1 Å². The highest BCUT2D eigenvalue weighted by molar-refractivity contribution is 14.0. The summed E-state index contributed by atoms with van der Waals surface area (Å²) in [5, 5.41) is 6.25. The highest BCUT2D eigenvalue weighted by Crippen LogP contribution is 2.19. The van der Waals surface area contributed by atoms with Gasteiger partial charge in [0.1, 0.15) is 11.9 Å². The van der Waals surface area contributed by atoms with Crippen LogP contribution in [0.15, 0.2) is 39.9 Å². The number of likely N-dealkylation sites (tertiary alicyclic amines) is 1. The van der Waals surface area contributed by atoms with E-state index in [9.17, 15) is 4.79 Å². The van der Waals surface area contributed by atoms with Crippen molar-refractivity contribution in [2.24, 2.45) is 4.99 Å². The molecule has 1 unspecified atom stereocenters. The van der Waals surface area contributed by atoms with Gasteiger partial charge in [0.2, 0.25) is 5.89 Å². The van der Waals surface area contributed by atoms with Gasteiger partial charge in [-0.15, -0.1) is 24.0 Å². The third-order valence-corrected chi connectivity index (χ3v) is 4.70. The Morgan fingerprint density at radius 1 is 1.32 bits per heavy atom. The van der Waals surface area contributed by atoms with Crippen molar-refractivity contribution in [3.05, 3.63) is 41.8 Å². The van der Waals surface area contributed by atoms with Crippen LogP contribution in [0.3, 0.4) is 0 Å². The monoisotopic (exact) mass is 541 g/mol. The van der Waals surface area contributed by atoms with Gasteiger partial charge in [-0.2, -0.15) is 0 Å². The standard InChI is InChI=1S/C22H31N5O3.HI/c1-15-6-8-16(9-7-15)19-25-18(14-29-19)12-24-20(23-5)27-11-10-17(13-27)26-21(28)30-22(2,3)4;/h6-9,14,17H,10-13H2,1-5H3,(H,23,24)(H,26,28);1H. The van der Waals surface area contributed by atoms with Crippen LogP contribution in [0.4, 0.5) is 4.79 Å². The minimum Gasteiger partial charge on any atom is -0.444 e. The molecular weight excluding hydrogens is 509 g/mol. The summed E-state index contributed by atoms with van der Waals surface area (Å²) in [5.74, 6) is 1.37. The van der Waals surface area contributed by atoms with Crippen LogP contribution in [0.5, 0.6) is 0 Å². The van der Waals surface area contributed by atoms with E-state index in [-0.39, 0.29) is 36.1 Å². The van der Waals surface area contributed by atoms with Gasteiger partial charge in [-0.05, 0) is 46.2 Å². The summed E-state index contributed by atoms with van der Waals surface area (Å²) in [5.41, 5.74) is 2.44. The molecule has 1 aromatic heterocycles. The summed E-state index contributed by atoms with van der Waals surface area (Å²) in [7, 11) is 1.75. The second kappa shape index (κ2) is 10.8. The molecule has 2 aromatic rings. The lowest BCUT2D eigenvalue weighted by atomic mass is 10.1. The maximum atomic E-state index is 12.0. The molecular formula is C22H32IN5O3. The third-order valence-electron chi connectivity index (χ3n) is 4.70. The largest absolute Gasteiger partial charge is 0.444 e. The third kappa shape index (κ3) is 7.41. The lowest BCUT2D eigenvalue weighted by molar-refractivity contribution is 0.0507. The molecule has 1 aromatic carbocycles. The number of ether oxygens (including phenoxy) is 1. The second-order valence-electron chi connectivity index (χ2n) is 8.49. The molecule has 1 fully saturated rings. The van der Waals surface area contributed by atoms with Crippen LogP contribution >= 0.6 is 24.0 Å². The molecule has 0 radical (unpaired) electrons. The fraction of sp³-hybridized carbons (Fsp3) is 0.500. The van der Waals surface area contributed by atoms with Gasteiger partial charge in [0.25, 0.3) is 0 Å². The minimum atomic E-state index is -0.505. The van der Waals surface area contributed by atoms with E-state index < -0.39 is 5.60 Å². The zero-order chi connectivity index (χ0) is 21.7. The molecule has 31 heavy (non-hydrogen) atoms. The van der Waals surface area contributed by atoms with Gasteiger partial charge in [0.05, 0.1) is 18.3 Å². The van der Waals surface area contributed by atoms with Crippen LogP contribution in [0.2, 0.25) is 0 Å². The predicted molar refractivity (Wildman–Crippen MR) is 132 cm³/mol. The average Bonchev–Trinajstić information content (AvgIpc) is 3.31. The number of amides is 1. The smallest absolute Gasteiger partial charge is 0.407 e. The molecule has 0 saturated carbocycles. The van der Waals surface area contributed by atoms with E-state index in [1.807, 2.05) is 52.0 Å². The van der Waals surface area contributed by atoms with Crippen molar-refractivity contribution in [3.63, 3.8) is 0 Å². The van der Waals surface area contributed by atoms with Crippen LogP contribution in [0.25, 0.3) is 11.5 Å². The Balaban J connectivity index is 0.00000341. The molecule has 0 aliphatic carbocycles. The Labute approximate surface area is 200 Å². The number of benzene rings is 1. The van der Waals surface area contributed by atoms with Gasteiger partial charge in [-0.3, -0.25) is 4.99 Å². The van der Waals surface area contributed by atoms with E-state index in [2.05, 4.69) is 25.5 Å². The van der Waals surface area contributed by atoms with Crippen LogP contribution in [-0.2, 0) is 11.3 Å². The number of oxazole rings is 1. The van der Waals surface area contributed by atoms with E-state index in [4.69, 9.17) is 9.15 Å². The number of hydrogen-bond donors (Lipinski definition) is 2. The van der Waals surface area contributed by atoms with E-state index >= 15 is 0 Å². The first kappa shape index (κ1) is 25.0. The molecule has 0 spiro atoms. The number of aliphatic imine (C=N–C) groups is 1. The number of carbonyl (C=O) groups excluding carboxylic acids is 1. The summed E-state index contributed by atoms with van der Waals surface area (Å²) in [6.45, 7) is 9.59. The second-order valence-corrected chi connectivity index (χ2v) is 8.49. The maximum absolute atomic E-state index is 12.0. The van der Waals surface area contributed by atoms with Crippen molar-refractivity contribution in [3.8, 4) is 11.5 Å². The van der Waals surface area contributed by atoms with Crippen LogP contribution in [0, 0.1) is 6.92 Å². The number of hydrogen-bond acceptors (Lipinski definition) is 5. The van der Waals surface area contributed by atoms with E-state index in [1.54, 1.807) is 13.3 Å². The van der Waals surface area contributed by atoms with E-state index in [1.165, 1.54) is 5.56 Å². The van der Waals surface area contributed by atoms with Crippen LogP contribution in [-0.4, -0.2) is 53.7 Å². The molecule has 8 nitrogen and oxygen atoms in total. The molecule has 2 heterocycles. The number of nitrogens with zero attached hydrogens (tertiary/aromatic N) is 3. The van der Waals surface area contributed by atoms with Crippen LogP contribution < -0.4 is 10.6 Å². The number of nitrogens with one attached hydrogen (secondary N) is 2. The SMILES string of the molecule is CN=C(NCc1coc(-c2ccc(C)cc2)n1)N1CCC(NC(=O)OC(C)(C)C)C1.I. The molecule has 0 bridgehead atoms. The molecule has 1 aliphatic rings. The molecule has 1 amide bonds. The van der Waals surface area contributed by atoms with Crippen molar-refractivity contribution >= 4 is 36.0 Å². The molecule has 1 atom stereocenters. The van der Waals surface area contributed by atoms with E-state index in [0.717, 1.165) is 30.2 Å². The van der Waals surface area contributed by atoms with Gasteiger partial charge in [0, 0.05) is 25.7 Å². The Kier molecular flexibility index (Phi) is 8.72. The molecule has 9 heteroatoms. The van der Waals surface area contributed by atoms with Crippen molar-refractivity contribution in [1.29, 1.82) is 0 Å². The Morgan fingerprint density at radius 3 is 2.68 bits per heavy atom. The minimum absolute atomic E-state index is 0. The van der Waals surface area contributed by atoms with Gasteiger partial charge in [0.15, 0.2) is 5.96 Å². The fourth-order valence-electron chi connectivity index (χ4n) is 3.26. The maximum Gasteiger partial charge on any atom is 0.407 e. The zero-order valence-electron chi connectivity index (χ0n) is 18.8. The summed E-state index contributed by atoms with van der Waals surface area (Å²) >= 11 is 0. The summed E-state index contributed by atoms with van der Waals surface area (Å²) in [4.78, 5) is 23.0. The quantitative estimate of drug-likeness (QED) is 0.346. The van der Waals surface area contributed by atoms with Crippen molar-refractivity contribution in [2.45, 2.75) is 52.3 Å². The number of halogens is 1. The average molecular weight is 541 g/mol. The summed E-state index contributed by atoms with van der Waals surface area (Å²) in [6, 6.07) is 8.10. The lowest BCUT2D eigenvalue weighted by Gasteiger charge is -2.23. The number of rotatable bonds is 4. The normalized spacial score (nSPS) is 16.6. The molecule has 3 rings (SSSR count). The van der Waals surface area contributed by atoms with Gasteiger partial charge < -0.3 is 24.7 Å². The van der Waals surface area contributed by atoms with Gasteiger partial charge >= 0.3 is 6.09 Å². The number of guanidine groups is 1. The first-order valence-electron chi connectivity index (χ1n) is 10.2. The Hall–Kier alpha value is -2.30. The first-order valence-corrected chi connectivity index (χ1v) is 10.2. The Bertz CT molecular complexity index is 889. The zero-order valence-corrected chi connectivity index (χ0v) is 21.1. The van der Waals surface area contributed by atoms with Gasteiger partial charge in [-0.1, -0.05) is 17.7 Å². The first-order chi connectivity index (χ1) is 14.2. The molecule has 1 saturated heterocycles. The van der Waals surface area contributed by atoms with E-state index in [0.29, 0.717) is 19.0 Å². The van der Waals surface area contributed by atoms with Gasteiger partial charge in [-0.25, -0.2) is 9.78 Å². The number of aromatic nitrogens is 1. The highest BCUT2D eigenvalue weighted by atomic mass is 127. The highest BCUT2D eigenvalue weighted by Gasteiger charge is 2.27. The van der Waals surface area contributed by atoms with Crippen LogP contribution in [0.1, 0.15) is 38.4 Å². The number of aryl methyl sites for hydroxylation is 1. The fourth-order valence-corrected chi connectivity index (χ4v) is 3.26. The summed E-state index contributed by atoms with van der Waals surface area (Å²) < 4.78 is 11.0. The molecule has 170 valence electrons. The number of alkyl carbamates (subject to hydrolysis) is 1. The number of carbonyl (C=O) groups is 1. The van der Waals surface area contributed by atoms with Crippen molar-refractivity contribution < 1.29 is 13.9 Å². The lowest BCUT2D eigenvalue weighted by Crippen LogP contribution is -2.44. The van der Waals surface area contributed by atoms with Crippen molar-refractivity contribution in [1.82, 2.24) is 20.5 Å². The predicted octanol–water partition coefficient (Wildman–Crippen LogP) is 3.94. The molecule has 2 N–H and O–H groups in total. The Morgan fingerprint density at radius 2 is 2.03 bits per heavy atom.